The maximum absolute atomic E-state index is 13.9. The third-order valence-electron chi connectivity index (χ3n) is 6.95. The van der Waals surface area contributed by atoms with Gasteiger partial charge in [0.15, 0.2) is 0 Å². The molecule has 1 aliphatic rings. The van der Waals surface area contributed by atoms with Gasteiger partial charge in [-0.25, -0.2) is 13.4 Å². The lowest BCUT2D eigenvalue weighted by atomic mass is 10.0. The van der Waals surface area contributed by atoms with E-state index in [1.807, 2.05) is 48.9 Å². The van der Waals surface area contributed by atoms with Crippen molar-refractivity contribution in [1.29, 1.82) is 0 Å². The third kappa shape index (κ3) is 8.05. The van der Waals surface area contributed by atoms with E-state index in [-0.39, 0.29) is 42.0 Å². The highest BCUT2D eigenvalue weighted by molar-refractivity contribution is 7.89. The Hall–Kier alpha value is -4.10. The zero-order valence-electron chi connectivity index (χ0n) is 24.9. The molecule has 1 aromatic heterocycles. The summed E-state index contributed by atoms with van der Waals surface area (Å²) in [5.74, 6) is 0.908. The van der Waals surface area contributed by atoms with Gasteiger partial charge >= 0.3 is 0 Å². The van der Waals surface area contributed by atoms with Crippen LogP contribution in [0.25, 0.3) is 11.4 Å². The van der Waals surface area contributed by atoms with E-state index in [0.717, 1.165) is 15.7 Å². The van der Waals surface area contributed by atoms with Gasteiger partial charge in [-0.3, -0.25) is 9.59 Å². The topological polar surface area (TPSA) is 141 Å². The number of imidazole rings is 1. The van der Waals surface area contributed by atoms with E-state index >= 15 is 0 Å². The first-order chi connectivity index (χ1) is 20.6. The molecule has 2 N–H and O–H groups in total. The molecule has 43 heavy (non-hydrogen) atoms. The maximum Gasteiger partial charge on any atom is 0.247 e. The number of benzene rings is 2. The molecule has 2 aromatic carbocycles. The van der Waals surface area contributed by atoms with E-state index in [9.17, 15) is 18.0 Å². The molecule has 0 saturated heterocycles. The van der Waals surface area contributed by atoms with Gasteiger partial charge in [-0.2, -0.15) is 4.31 Å². The van der Waals surface area contributed by atoms with Crippen molar-refractivity contribution in [3.05, 3.63) is 54.9 Å². The van der Waals surface area contributed by atoms with E-state index in [0.29, 0.717) is 31.0 Å². The Labute approximate surface area is 252 Å². The standard InChI is InChI=1S/C30H39N5O7S/c1-21(2)17-25-30(37)32-12-15-34-14-11-31-29(34)22-7-5-8-24(18-22)42-16-6-13-35(20-28(36)33-25)43(38,39)27-19-23(40-3)9-10-26(27)41-4/h5,7-11,14,18-19,21,25H,6,12-13,15-17,20H2,1-4H3,(H,32,37)(H,33,36)/t25-/m1/s1. The Kier molecular flexibility index (Phi) is 10.6. The summed E-state index contributed by atoms with van der Waals surface area (Å²) in [5.41, 5.74) is 0.842. The average Bonchev–Trinajstić information content (AvgIpc) is 3.46. The number of nitrogens with zero attached hydrogens (tertiary/aromatic N) is 3. The summed E-state index contributed by atoms with van der Waals surface area (Å²) in [6.45, 7) is 4.33. The summed E-state index contributed by atoms with van der Waals surface area (Å²) in [4.78, 5) is 30.9. The van der Waals surface area contributed by atoms with Gasteiger partial charge in [0.2, 0.25) is 21.8 Å². The summed E-state index contributed by atoms with van der Waals surface area (Å²) < 4.78 is 47.5. The summed E-state index contributed by atoms with van der Waals surface area (Å²) in [7, 11) is -1.43. The van der Waals surface area contributed by atoms with Crippen LogP contribution in [0.5, 0.6) is 17.2 Å². The molecule has 12 nitrogen and oxygen atoms in total. The van der Waals surface area contributed by atoms with E-state index < -0.39 is 28.5 Å². The number of hydrogen-bond donors (Lipinski definition) is 2. The molecule has 2 heterocycles. The van der Waals surface area contributed by atoms with Crippen LogP contribution in [0.2, 0.25) is 0 Å². The van der Waals surface area contributed by atoms with Crippen molar-refractivity contribution in [2.75, 3.05) is 40.5 Å². The normalized spacial score (nSPS) is 17.6. The van der Waals surface area contributed by atoms with Gasteiger partial charge in [-0.15, -0.1) is 0 Å². The smallest absolute Gasteiger partial charge is 0.247 e. The molecule has 2 amide bonds. The predicted octanol–water partition coefficient (Wildman–Crippen LogP) is 2.69. The number of hydrogen-bond acceptors (Lipinski definition) is 8. The molecule has 0 unspecified atom stereocenters. The molecule has 0 aliphatic carbocycles. The predicted molar refractivity (Wildman–Crippen MR) is 160 cm³/mol. The number of fused-ring (bicyclic) bond motifs is 4. The van der Waals surface area contributed by atoms with Crippen molar-refractivity contribution in [3.8, 4) is 28.6 Å². The minimum Gasteiger partial charge on any atom is -0.497 e. The number of nitrogens with one attached hydrogen (secondary N) is 2. The number of methoxy groups -OCH3 is 2. The molecular formula is C30H39N5O7S. The molecule has 1 atom stereocenters. The van der Waals surface area contributed by atoms with Crippen molar-refractivity contribution in [2.45, 2.75) is 44.2 Å². The first-order valence-electron chi connectivity index (χ1n) is 14.2. The molecule has 13 heteroatoms. The van der Waals surface area contributed by atoms with Crippen molar-refractivity contribution < 1.29 is 32.2 Å². The van der Waals surface area contributed by atoms with Crippen LogP contribution in [0, 0.1) is 5.92 Å². The van der Waals surface area contributed by atoms with Gasteiger partial charge in [0.1, 0.15) is 34.0 Å². The molecule has 2 bridgehead atoms. The van der Waals surface area contributed by atoms with Crippen molar-refractivity contribution in [1.82, 2.24) is 24.5 Å². The number of aromatic nitrogens is 2. The Morgan fingerprint density at radius 3 is 2.65 bits per heavy atom. The van der Waals surface area contributed by atoms with Gasteiger partial charge in [0.05, 0.1) is 27.4 Å². The van der Waals surface area contributed by atoms with Crippen LogP contribution in [0.3, 0.4) is 0 Å². The van der Waals surface area contributed by atoms with Crippen LogP contribution < -0.4 is 24.8 Å². The largest absolute Gasteiger partial charge is 0.497 e. The molecule has 0 saturated carbocycles. The SMILES string of the molecule is COc1ccc(OC)c(S(=O)(=O)N2CCCOc3cccc(c3)-c3nccn3CCNC(=O)[C@@H](CC(C)C)NC(=O)C2)c1. The first-order valence-corrected chi connectivity index (χ1v) is 15.6. The molecule has 0 fully saturated rings. The molecule has 0 radical (unpaired) electrons. The van der Waals surface area contributed by atoms with E-state index in [1.54, 1.807) is 12.3 Å². The molecule has 0 spiro atoms. The summed E-state index contributed by atoms with van der Waals surface area (Å²) in [5, 5.41) is 5.67. The minimum atomic E-state index is -4.23. The van der Waals surface area contributed by atoms with Crippen LogP contribution >= 0.6 is 0 Å². The molecule has 3 aromatic rings. The zero-order valence-corrected chi connectivity index (χ0v) is 25.7. The number of carbonyl (C=O) groups excluding carboxylic acids is 2. The maximum atomic E-state index is 13.9. The fraction of sp³-hybridized carbons (Fsp3) is 0.433. The van der Waals surface area contributed by atoms with Crippen LogP contribution in [-0.2, 0) is 26.2 Å². The Morgan fingerprint density at radius 2 is 1.91 bits per heavy atom. The number of rotatable bonds is 6. The monoisotopic (exact) mass is 613 g/mol. The Morgan fingerprint density at radius 1 is 1.09 bits per heavy atom. The van der Waals surface area contributed by atoms with Gasteiger partial charge in [0, 0.05) is 43.7 Å². The van der Waals surface area contributed by atoms with Crippen molar-refractivity contribution in [3.63, 3.8) is 0 Å². The average molecular weight is 614 g/mol. The summed E-state index contributed by atoms with van der Waals surface area (Å²) >= 11 is 0. The first kappa shape index (κ1) is 31.8. The van der Waals surface area contributed by atoms with Gasteiger partial charge < -0.3 is 29.4 Å². The molecular weight excluding hydrogens is 574 g/mol. The highest BCUT2D eigenvalue weighted by Crippen LogP contribution is 2.31. The summed E-state index contributed by atoms with van der Waals surface area (Å²) in [6.07, 6.45) is 4.20. The lowest BCUT2D eigenvalue weighted by molar-refractivity contribution is -0.129. The second-order valence-electron chi connectivity index (χ2n) is 10.6. The molecule has 232 valence electrons. The van der Waals surface area contributed by atoms with Crippen LogP contribution in [0.15, 0.2) is 59.8 Å². The lowest BCUT2D eigenvalue weighted by Gasteiger charge is -2.25. The minimum absolute atomic E-state index is 0.0265. The van der Waals surface area contributed by atoms with Crippen LogP contribution in [0.1, 0.15) is 26.7 Å². The van der Waals surface area contributed by atoms with Crippen LogP contribution in [-0.4, -0.2) is 80.6 Å². The quantitative estimate of drug-likeness (QED) is 0.433. The second kappa shape index (κ2) is 14.4. The van der Waals surface area contributed by atoms with E-state index in [1.165, 1.54) is 26.4 Å². The third-order valence-corrected chi connectivity index (χ3v) is 8.81. The summed E-state index contributed by atoms with van der Waals surface area (Å²) in [6, 6.07) is 11.1. The highest BCUT2D eigenvalue weighted by atomic mass is 32.2. The number of amides is 2. The Balaban J connectivity index is 1.67. The van der Waals surface area contributed by atoms with Crippen molar-refractivity contribution >= 4 is 21.8 Å². The van der Waals surface area contributed by atoms with E-state index in [4.69, 9.17) is 14.2 Å². The number of carbonyl (C=O) groups is 2. The molecule has 1 aliphatic heterocycles. The lowest BCUT2D eigenvalue weighted by Crippen LogP contribution is -2.51. The fourth-order valence-corrected chi connectivity index (χ4v) is 6.45. The number of ether oxygens (including phenoxy) is 3. The van der Waals surface area contributed by atoms with Gasteiger partial charge in [-0.05, 0) is 43.0 Å². The second-order valence-corrected chi connectivity index (χ2v) is 12.5. The molecule has 4 rings (SSSR count). The van der Waals surface area contributed by atoms with Crippen molar-refractivity contribution in [2.24, 2.45) is 5.92 Å². The van der Waals surface area contributed by atoms with Gasteiger partial charge in [0.25, 0.3) is 0 Å². The van der Waals surface area contributed by atoms with Crippen LogP contribution in [0.4, 0.5) is 0 Å². The highest BCUT2D eigenvalue weighted by Gasteiger charge is 2.31. The number of sulfonamides is 1. The Bertz CT molecular complexity index is 1520. The fourth-order valence-electron chi connectivity index (χ4n) is 4.84. The van der Waals surface area contributed by atoms with E-state index in [2.05, 4.69) is 15.6 Å². The zero-order chi connectivity index (χ0) is 31.0. The van der Waals surface area contributed by atoms with Gasteiger partial charge in [-0.1, -0.05) is 26.0 Å².